The Bertz CT molecular complexity index is 626. The van der Waals surface area contributed by atoms with Gasteiger partial charge in [0.15, 0.2) is 0 Å². The van der Waals surface area contributed by atoms with Crippen LogP contribution >= 0.6 is 11.6 Å². The molecule has 2 aromatic rings. The van der Waals surface area contributed by atoms with Gasteiger partial charge in [0, 0.05) is 17.3 Å². The van der Waals surface area contributed by atoms with Gasteiger partial charge in [-0.05, 0) is 12.1 Å². The minimum Gasteiger partial charge on any atom is -0.298 e. The summed E-state index contributed by atoms with van der Waals surface area (Å²) in [6.07, 6.45) is -3.13. The van der Waals surface area contributed by atoms with Gasteiger partial charge in [0.05, 0.1) is 16.3 Å². The van der Waals surface area contributed by atoms with Gasteiger partial charge in [-0.3, -0.25) is 9.78 Å². The number of benzene rings is 1. The number of halogens is 4. The molecule has 6 heteroatoms. The van der Waals surface area contributed by atoms with Gasteiger partial charge in [-0.15, -0.1) is 0 Å². The van der Waals surface area contributed by atoms with E-state index in [1.807, 2.05) is 0 Å². The molecule has 0 saturated carbocycles. The molecule has 2 rings (SSSR count). The van der Waals surface area contributed by atoms with Crippen molar-refractivity contribution in [2.24, 2.45) is 0 Å². The zero-order valence-electron chi connectivity index (χ0n) is 9.41. The van der Waals surface area contributed by atoms with Crippen molar-refractivity contribution in [3.05, 3.63) is 52.7 Å². The Balaban J connectivity index is 2.49. The molecule has 1 aromatic carbocycles. The molecular weight excluding hydrogens is 279 g/mol. The largest absolute Gasteiger partial charge is 0.417 e. The maximum Gasteiger partial charge on any atom is 0.417 e. The summed E-state index contributed by atoms with van der Waals surface area (Å²) in [7, 11) is 0. The third kappa shape index (κ3) is 2.93. The van der Waals surface area contributed by atoms with Crippen molar-refractivity contribution in [2.45, 2.75) is 6.18 Å². The third-order valence-electron chi connectivity index (χ3n) is 2.46. The molecule has 98 valence electrons. The van der Waals surface area contributed by atoms with Crippen molar-refractivity contribution in [3.8, 4) is 11.3 Å². The lowest BCUT2D eigenvalue weighted by Gasteiger charge is -2.09. The predicted molar refractivity (Wildman–Crippen MR) is 65.1 cm³/mol. The van der Waals surface area contributed by atoms with E-state index in [1.54, 1.807) is 18.2 Å². The van der Waals surface area contributed by atoms with Gasteiger partial charge in [0.25, 0.3) is 0 Å². The number of carbonyl (C=O) groups excluding carboxylic acids is 1. The molecule has 0 amide bonds. The average molecular weight is 286 g/mol. The highest BCUT2D eigenvalue weighted by atomic mass is 35.5. The number of pyridine rings is 1. The van der Waals surface area contributed by atoms with Gasteiger partial charge in [-0.1, -0.05) is 29.8 Å². The van der Waals surface area contributed by atoms with Crippen molar-refractivity contribution < 1.29 is 18.0 Å². The molecule has 0 atom stereocenters. The Morgan fingerprint density at radius 1 is 1.21 bits per heavy atom. The first-order chi connectivity index (χ1) is 8.91. The predicted octanol–water partition coefficient (Wildman–Crippen LogP) is 4.23. The van der Waals surface area contributed by atoms with Crippen LogP contribution in [0, 0.1) is 0 Å². The standard InChI is InChI=1S/C13H7ClF3NO/c14-11-5-10(13(15,16)17)6-18-12(11)9-3-1-2-8(4-9)7-19/h1-7H. The van der Waals surface area contributed by atoms with Crippen LogP contribution in [0.15, 0.2) is 36.5 Å². The Morgan fingerprint density at radius 2 is 1.95 bits per heavy atom. The lowest BCUT2D eigenvalue weighted by molar-refractivity contribution is -0.137. The number of hydrogen-bond donors (Lipinski definition) is 0. The van der Waals surface area contributed by atoms with Crippen LogP contribution in [0.1, 0.15) is 15.9 Å². The SMILES string of the molecule is O=Cc1cccc(-c2ncc(C(F)(F)F)cc2Cl)c1. The Labute approximate surface area is 111 Å². The van der Waals surface area contributed by atoms with E-state index in [2.05, 4.69) is 4.98 Å². The summed E-state index contributed by atoms with van der Waals surface area (Å²) < 4.78 is 37.4. The molecule has 0 bridgehead atoms. The van der Waals surface area contributed by atoms with E-state index in [1.165, 1.54) is 6.07 Å². The number of aromatic nitrogens is 1. The van der Waals surface area contributed by atoms with Crippen LogP contribution < -0.4 is 0 Å². The number of nitrogens with zero attached hydrogens (tertiary/aromatic N) is 1. The average Bonchev–Trinajstić information content (AvgIpc) is 2.37. The van der Waals surface area contributed by atoms with Crippen LogP contribution in [-0.4, -0.2) is 11.3 Å². The molecule has 19 heavy (non-hydrogen) atoms. The molecule has 0 aliphatic carbocycles. The first-order valence-corrected chi connectivity index (χ1v) is 5.58. The molecule has 1 aromatic heterocycles. The second-order valence-electron chi connectivity index (χ2n) is 3.80. The minimum absolute atomic E-state index is 0.113. The summed E-state index contributed by atoms with van der Waals surface area (Å²) in [6, 6.07) is 7.13. The van der Waals surface area contributed by atoms with Gasteiger partial charge in [0.2, 0.25) is 0 Å². The quantitative estimate of drug-likeness (QED) is 0.773. The van der Waals surface area contributed by atoms with Gasteiger partial charge in [0.1, 0.15) is 6.29 Å². The highest BCUT2D eigenvalue weighted by Gasteiger charge is 2.31. The summed E-state index contributed by atoms with van der Waals surface area (Å²) >= 11 is 5.81. The topological polar surface area (TPSA) is 30.0 Å². The fourth-order valence-corrected chi connectivity index (χ4v) is 1.84. The molecule has 0 unspecified atom stereocenters. The second-order valence-corrected chi connectivity index (χ2v) is 4.20. The maximum absolute atomic E-state index is 12.5. The van der Waals surface area contributed by atoms with Gasteiger partial charge < -0.3 is 0 Å². The first kappa shape index (κ1) is 13.5. The Hall–Kier alpha value is -1.88. The number of aldehydes is 1. The smallest absolute Gasteiger partial charge is 0.298 e. The van der Waals surface area contributed by atoms with E-state index in [0.29, 0.717) is 17.4 Å². The number of carbonyl (C=O) groups is 1. The van der Waals surface area contributed by atoms with E-state index < -0.39 is 11.7 Å². The van der Waals surface area contributed by atoms with Gasteiger partial charge >= 0.3 is 6.18 Å². The molecule has 2 nitrogen and oxygen atoms in total. The van der Waals surface area contributed by atoms with E-state index >= 15 is 0 Å². The summed E-state index contributed by atoms with van der Waals surface area (Å²) in [5, 5.41) is -0.113. The van der Waals surface area contributed by atoms with E-state index in [-0.39, 0.29) is 10.7 Å². The van der Waals surface area contributed by atoms with Crippen LogP contribution in [0.25, 0.3) is 11.3 Å². The summed E-state index contributed by atoms with van der Waals surface area (Å²) in [4.78, 5) is 14.4. The lowest BCUT2D eigenvalue weighted by Crippen LogP contribution is -2.05. The van der Waals surface area contributed by atoms with Crippen LogP contribution in [0.5, 0.6) is 0 Å². The summed E-state index contributed by atoms with van der Waals surface area (Å²) in [5.74, 6) is 0. The maximum atomic E-state index is 12.5. The molecule has 0 radical (unpaired) electrons. The van der Waals surface area contributed by atoms with Gasteiger partial charge in [-0.25, -0.2) is 0 Å². The number of alkyl halides is 3. The molecule has 0 aliphatic heterocycles. The molecular formula is C13H7ClF3NO. The fourth-order valence-electron chi connectivity index (χ4n) is 1.56. The number of hydrogen-bond acceptors (Lipinski definition) is 2. The Kier molecular flexibility index (Phi) is 3.57. The first-order valence-electron chi connectivity index (χ1n) is 5.20. The van der Waals surface area contributed by atoms with Crippen molar-refractivity contribution in [1.29, 1.82) is 0 Å². The molecule has 1 heterocycles. The summed E-state index contributed by atoms with van der Waals surface area (Å²) in [5.41, 5.74) is 0.185. The normalized spacial score (nSPS) is 11.4. The fraction of sp³-hybridized carbons (Fsp3) is 0.0769. The van der Waals surface area contributed by atoms with E-state index in [9.17, 15) is 18.0 Å². The lowest BCUT2D eigenvalue weighted by atomic mass is 10.1. The van der Waals surface area contributed by atoms with Gasteiger partial charge in [-0.2, -0.15) is 13.2 Å². The van der Waals surface area contributed by atoms with Crippen LogP contribution in [-0.2, 0) is 6.18 Å². The molecule has 0 fully saturated rings. The van der Waals surface area contributed by atoms with E-state index in [0.717, 1.165) is 12.3 Å². The second kappa shape index (κ2) is 5.01. The van der Waals surface area contributed by atoms with Crippen molar-refractivity contribution in [2.75, 3.05) is 0 Å². The third-order valence-corrected chi connectivity index (χ3v) is 2.75. The zero-order chi connectivity index (χ0) is 14.0. The van der Waals surface area contributed by atoms with Crippen LogP contribution in [0.3, 0.4) is 0 Å². The highest BCUT2D eigenvalue weighted by molar-refractivity contribution is 6.33. The molecule has 0 spiro atoms. The highest BCUT2D eigenvalue weighted by Crippen LogP contribution is 2.33. The summed E-state index contributed by atoms with van der Waals surface area (Å²) in [6.45, 7) is 0. The Morgan fingerprint density at radius 3 is 2.53 bits per heavy atom. The molecule has 0 aliphatic rings. The number of rotatable bonds is 2. The van der Waals surface area contributed by atoms with Crippen molar-refractivity contribution in [3.63, 3.8) is 0 Å². The minimum atomic E-state index is -4.49. The monoisotopic (exact) mass is 285 g/mol. The zero-order valence-corrected chi connectivity index (χ0v) is 10.2. The molecule has 0 saturated heterocycles. The van der Waals surface area contributed by atoms with Crippen LogP contribution in [0.2, 0.25) is 5.02 Å². The van der Waals surface area contributed by atoms with Crippen LogP contribution in [0.4, 0.5) is 13.2 Å². The molecule has 0 N–H and O–H groups in total. The van der Waals surface area contributed by atoms with Crippen molar-refractivity contribution >= 4 is 17.9 Å². The van der Waals surface area contributed by atoms with E-state index in [4.69, 9.17) is 11.6 Å². The van der Waals surface area contributed by atoms with Crippen molar-refractivity contribution in [1.82, 2.24) is 4.98 Å².